The molecular weight excluding hydrogens is 587 g/mol. The molecule has 0 spiro atoms. The number of hydrogen-bond donors (Lipinski definition) is 1. The molecule has 180 valence electrons. The van der Waals surface area contributed by atoms with Crippen LogP contribution >= 0.6 is 46.6 Å². The molecular formula is C20H29IN2O6S3. The molecule has 0 heterocycles. The second-order valence-electron chi connectivity index (χ2n) is 7.74. The first-order valence-electron chi connectivity index (χ1n) is 9.82. The maximum absolute atomic E-state index is 12.9. The number of hydrogen-bond acceptors (Lipinski definition) is 8. The highest BCUT2D eigenvalue weighted by molar-refractivity contribution is 14.1. The number of alkyl carbamates (subject to hydrolysis) is 1. The summed E-state index contributed by atoms with van der Waals surface area (Å²) in [6.45, 7) is 7.63. The lowest BCUT2D eigenvalue weighted by Crippen LogP contribution is -2.38. The van der Waals surface area contributed by atoms with Gasteiger partial charge in [0.1, 0.15) is 5.60 Å². The van der Waals surface area contributed by atoms with E-state index in [1.54, 1.807) is 52.0 Å². The Labute approximate surface area is 213 Å². The Morgan fingerprint density at radius 2 is 1.84 bits per heavy atom. The van der Waals surface area contributed by atoms with Gasteiger partial charge in [0.15, 0.2) is 0 Å². The Balaban J connectivity index is 2.90. The Kier molecular flexibility index (Phi) is 11.7. The van der Waals surface area contributed by atoms with Gasteiger partial charge in [0.25, 0.3) is 0 Å². The lowest BCUT2D eigenvalue weighted by atomic mass is 10.2. The van der Waals surface area contributed by atoms with Crippen LogP contribution in [0.25, 0.3) is 0 Å². The van der Waals surface area contributed by atoms with Crippen LogP contribution in [0.15, 0.2) is 24.3 Å². The molecule has 0 saturated heterocycles. The summed E-state index contributed by atoms with van der Waals surface area (Å²) in [6.07, 6.45) is 0.599. The van der Waals surface area contributed by atoms with E-state index in [0.29, 0.717) is 6.61 Å². The molecule has 2 amide bonds. The summed E-state index contributed by atoms with van der Waals surface area (Å²) in [5, 5.41) is 2.35. The van der Waals surface area contributed by atoms with Crippen LogP contribution in [-0.4, -0.2) is 55.1 Å². The monoisotopic (exact) mass is 616 g/mol. The molecule has 1 unspecified atom stereocenters. The zero-order valence-corrected chi connectivity index (χ0v) is 23.3. The Morgan fingerprint density at radius 3 is 2.34 bits per heavy atom. The van der Waals surface area contributed by atoms with Gasteiger partial charge in [-0.25, -0.2) is 17.5 Å². The first-order valence-corrected chi connectivity index (χ1v) is 14.0. The number of nitrogens with one attached hydrogen (secondary N) is 1. The number of thiocarbonyl (C=S) groups is 1. The van der Waals surface area contributed by atoms with Gasteiger partial charge in [-0.3, -0.25) is 4.79 Å². The van der Waals surface area contributed by atoms with Crippen molar-refractivity contribution in [2.75, 3.05) is 23.7 Å². The minimum absolute atomic E-state index is 0.0680. The molecule has 0 saturated carbocycles. The number of carbonyl (C=O) groups is 2. The van der Waals surface area contributed by atoms with Crippen LogP contribution in [-0.2, 0) is 24.3 Å². The van der Waals surface area contributed by atoms with Gasteiger partial charge in [-0.05, 0) is 93.2 Å². The van der Waals surface area contributed by atoms with Crippen LogP contribution in [0.2, 0.25) is 0 Å². The molecule has 32 heavy (non-hydrogen) atoms. The number of rotatable bonds is 9. The molecule has 0 bridgehead atoms. The normalized spacial score (nSPS) is 12.6. The maximum atomic E-state index is 12.9. The van der Waals surface area contributed by atoms with Crippen LogP contribution in [0.3, 0.4) is 0 Å². The topological polar surface area (TPSA) is 102 Å². The molecule has 1 N–H and O–H groups in total. The fourth-order valence-corrected chi connectivity index (χ4v) is 5.20. The number of sulfonamides is 1. The molecule has 0 aliphatic rings. The average molecular weight is 617 g/mol. The van der Waals surface area contributed by atoms with Gasteiger partial charge < -0.3 is 14.8 Å². The van der Waals surface area contributed by atoms with Gasteiger partial charge in [-0.1, -0.05) is 11.8 Å². The summed E-state index contributed by atoms with van der Waals surface area (Å²) in [5.74, 6) is -0.570. The Hall–Kier alpha value is -1.12. The first-order chi connectivity index (χ1) is 14.7. The van der Waals surface area contributed by atoms with E-state index < -0.39 is 27.6 Å². The van der Waals surface area contributed by atoms with Crippen molar-refractivity contribution in [2.24, 2.45) is 0 Å². The minimum Gasteiger partial charge on any atom is -0.479 e. The van der Waals surface area contributed by atoms with Gasteiger partial charge in [-0.15, -0.1) is 0 Å². The highest BCUT2D eigenvalue weighted by Crippen LogP contribution is 2.24. The number of anilines is 1. The quantitative estimate of drug-likeness (QED) is 0.324. The van der Waals surface area contributed by atoms with Crippen LogP contribution in [0.4, 0.5) is 10.5 Å². The molecule has 0 aromatic heterocycles. The van der Waals surface area contributed by atoms with E-state index in [1.807, 2.05) is 0 Å². The van der Waals surface area contributed by atoms with Crippen LogP contribution in [0.5, 0.6) is 0 Å². The minimum atomic E-state index is -3.82. The smallest absolute Gasteiger partial charge is 0.407 e. The molecule has 0 fully saturated rings. The highest BCUT2D eigenvalue weighted by Gasteiger charge is 2.27. The van der Waals surface area contributed by atoms with E-state index in [0.717, 1.165) is 14.1 Å². The van der Waals surface area contributed by atoms with Crippen molar-refractivity contribution in [2.45, 2.75) is 51.4 Å². The zero-order valence-electron chi connectivity index (χ0n) is 18.7. The van der Waals surface area contributed by atoms with Gasteiger partial charge in [0.2, 0.25) is 20.3 Å². The summed E-state index contributed by atoms with van der Waals surface area (Å²) >= 11 is 8.49. The van der Waals surface area contributed by atoms with E-state index >= 15 is 0 Å². The maximum Gasteiger partial charge on any atom is 0.407 e. The number of amides is 2. The van der Waals surface area contributed by atoms with Crippen molar-refractivity contribution < 1.29 is 27.5 Å². The van der Waals surface area contributed by atoms with Gasteiger partial charge in [0, 0.05) is 21.8 Å². The standard InChI is InChI=1S/C20H29IN2O6S3/c1-6-28-19(30)31-16(13-22-18(25)29-20(2,3)4)11-12-17(24)23(32(5,26)27)15-9-7-14(21)8-10-15/h7-10,16H,6,11-13H2,1-5H3,(H,22,25). The largest absolute Gasteiger partial charge is 0.479 e. The number of nitrogens with zero attached hydrogens (tertiary/aromatic N) is 1. The van der Waals surface area contributed by atoms with E-state index in [4.69, 9.17) is 21.7 Å². The third kappa shape index (κ3) is 11.1. The lowest BCUT2D eigenvalue weighted by molar-refractivity contribution is -0.117. The van der Waals surface area contributed by atoms with Crippen LogP contribution in [0.1, 0.15) is 40.5 Å². The Morgan fingerprint density at radius 1 is 1.25 bits per heavy atom. The van der Waals surface area contributed by atoms with Crippen molar-refractivity contribution in [3.8, 4) is 0 Å². The van der Waals surface area contributed by atoms with Gasteiger partial charge in [0.05, 0.1) is 18.6 Å². The molecule has 12 heteroatoms. The summed E-state index contributed by atoms with van der Waals surface area (Å²) < 4.78 is 37.1. The predicted molar refractivity (Wildman–Crippen MR) is 141 cm³/mol. The number of benzene rings is 1. The molecule has 1 atom stereocenters. The van der Waals surface area contributed by atoms with Crippen LogP contribution in [0, 0.1) is 3.57 Å². The summed E-state index contributed by atoms with van der Waals surface area (Å²) in [7, 11) is -3.82. The van der Waals surface area contributed by atoms with Crippen molar-refractivity contribution in [1.82, 2.24) is 5.32 Å². The highest BCUT2D eigenvalue weighted by atomic mass is 127. The third-order valence-electron chi connectivity index (χ3n) is 3.70. The van der Waals surface area contributed by atoms with Crippen LogP contribution < -0.4 is 9.62 Å². The second-order valence-corrected chi connectivity index (χ2v) is 12.7. The molecule has 1 aromatic rings. The number of halogens is 1. The molecule has 0 aliphatic carbocycles. The SMILES string of the molecule is CCOC(=S)SC(CCC(=O)N(c1ccc(I)cc1)S(C)(=O)=O)CNC(=O)OC(C)(C)C. The fourth-order valence-electron chi connectivity index (χ4n) is 2.48. The van der Waals surface area contributed by atoms with Gasteiger partial charge >= 0.3 is 6.09 Å². The lowest BCUT2D eigenvalue weighted by Gasteiger charge is -2.23. The van der Waals surface area contributed by atoms with Crippen molar-refractivity contribution in [3.63, 3.8) is 0 Å². The molecule has 1 rings (SSSR count). The van der Waals surface area contributed by atoms with E-state index in [1.165, 1.54) is 11.8 Å². The molecule has 0 aliphatic heterocycles. The molecule has 0 radical (unpaired) electrons. The van der Waals surface area contributed by atoms with Crippen molar-refractivity contribution in [1.29, 1.82) is 0 Å². The first kappa shape index (κ1) is 28.9. The number of thioether (sulfide) groups is 1. The van der Waals surface area contributed by atoms with Crippen molar-refractivity contribution >= 4 is 78.7 Å². The van der Waals surface area contributed by atoms with E-state index in [9.17, 15) is 18.0 Å². The zero-order chi connectivity index (χ0) is 24.5. The Bertz CT molecular complexity index is 901. The van der Waals surface area contributed by atoms with E-state index in [2.05, 4.69) is 27.9 Å². The van der Waals surface area contributed by atoms with Gasteiger partial charge in [-0.2, -0.15) is 0 Å². The summed E-state index contributed by atoms with van der Waals surface area (Å²) in [6, 6.07) is 6.62. The molecule has 8 nitrogen and oxygen atoms in total. The second kappa shape index (κ2) is 12.9. The third-order valence-corrected chi connectivity index (χ3v) is 6.95. The predicted octanol–water partition coefficient (Wildman–Crippen LogP) is 4.31. The average Bonchev–Trinajstić information content (AvgIpc) is 2.63. The summed E-state index contributed by atoms with van der Waals surface area (Å²) in [5.41, 5.74) is -0.369. The number of carbonyl (C=O) groups excluding carboxylic acids is 2. The summed E-state index contributed by atoms with van der Waals surface area (Å²) in [4.78, 5) is 24.9. The van der Waals surface area contributed by atoms with Crippen molar-refractivity contribution in [3.05, 3.63) is 27.8 Å². The fraction of sp³-hybridized carbons (Fsp3) is 0.550. The number of ether oxygens (including phenoxy) is 2. The van der Waals surface area contributed by atoms with E-state index in [-0.39, 0.29) is 34.7 Å². The molecule has 1 aromatic carbocycles.